The summed E-state index contributed by atoms with van der Waals surface area (Å²) in [7, 11) is 0. The van der Waals surface area contributed by atoms with Crippen molar-refractivity contribution in [2.75, 3.05) is 19.5 Å². The Kier molecular flexibility index (Phi) is 5.72. The zero-order valence-corrected chi connectivity index (χ0v) is 18.9. The molecule has 0 amide bonds. The number of nitrogens with zero attached hydrogens (tertiary/aromatic N) is 2. The number of benzene rings is 2. The van der Waals surface area contributed by atoms with Crippen molar-refractivity contribution in [3.8, 4) is 5.75 Å². The molecule has 0 bridgehead atoms. The lowest BCUT2D eigenvalue weighted by Gasteiger charge is -2.33. The Morgan fingerprint density at radius 3 is 2.82 bits per heavy atom. The van der Waals surface area contributed by atoms with Crippen LogP contribution in [0.2, 0.25) is 0 Å². The summed E-state index contributed by atoms with van der Waals surface area (Å²) >= 11 is 1.67. The highest BCUT2D eigenvalue weighted by Crippen LogP contribution is 2.37. The highest BCUT2D eigenvalue weighted by atomic mass is 32.2. The molecule has 1 N–H and O–H groups in total. The Balaban J connectivity index is 1.45. The molecule has 6 nitrogen and oxygen atoms in total. The van der Waals surface area contributed by atoms with Crippen LogP contribution in [0.3, 0.4) is 0 Å². The van der Waals surface area contributed by atoms with Crippen LogP contribution in [0.25, 0.3) is 16.6 Å². The molecular weight excluding hydrogens is 443 g/mol. The number of ether oxygens (including phenoxy) is 2. The zero-order chi connectivity index (χ0) is 23.0. The van der Waals surface area contributed by atoms with E-state index in [-0.39, 0.29) is 6.61 Å². The molecule has 170 valence electrons. The molecule has 1 fully saturated rings. The number of imidazole rings is 1. The average Bonchev–Trinajstić information content (AvgIpc) is 3.31. The lowest BCUT2D eigenvalue weighted by molar-refractivity contribution is -0.147. The van der Waals surface area contributed by atoms with E-state index in [0.717, 1.165) is 27.0 Å². The predicted molar refractivity (Wildman–Crippen MR) is 125 cm³/mol. The zero-order valence-electron chi connectivity index (χ0n) is 18.1. The van der Waals surface area contributed by atoms with Gasteiger partial charge in [0, 0.05) is 42.0 Å². The number of thioether (sulfide) groups is 1. The number of aliphatic carboxylic acids is 1. The molecule has 0 unspecified atom stereocenters. The standard InChI is InChI=1S/C25H23FN2O4S/c1-33-22-14-23-27-6-7-28(23)21-10-16(2-3-20(21)22)15-32-19-12-17(11-18(26)13-19)25(24(29)30)4-8-31-9-5-25/h2-3,6-7,10-14H,4-5,8-9,15H2,1H3,(H,29,30). The van der Waals surface area contributed by atoms with Gasteiger partial charge < -0.3 is 14.6 Å². The predicted octanol–water partition coefficient (Wildman–Crippen LogP) is 5.06. The van der Waals surface area contributed by atoms with Gasteiger partial charge in [0.15, 0.2) is 0 Å². The minimum absolute atomic E-state index is 0.224. The number of hydrogen-bond donors (Lipinski definition) is 1. The molecule has 5 rings (SSSR count). The average molecular weight is 467 g/mol. The van der Waals surface area contributed by atoms with Gasteiger partial charge in [-0.15, -0.1) is 11.8 Å². The number of halogens is 1. The van der Waals surface area contributed by atoms with Gasteiger partial charge >= 0.3 is 5.97 Å². The second-order valence-corrected chi connectivity index (χ2v) is 9.03. The molecule has 0 radical (unpaired) electrons. The molecule has 4 aromatic rings. The van der Waals surface area contributed by atoms with Gasteiger partial charge in [0.05, 0.1) is 10.9 Å². The maximum absolute atomic E-state index is 14.5. The molecule has 2 aromatic carbocycles. The van der Waals surface area contributed by atoms with E-state index in [0.29, 0.717) is 37.4 Å². The Labute approximate surface area is 194 Å². The van der Waals surface area contributed by atoms with E-state index in [1.165, 1.54) is 12.1 Å². The van der Waals surface area contributed by atoms with Gasteiger partial charge in [-0.25, -0.2) is 9.37 Å². The lowest BCUT2D eigenvalue weighted by Crippen LogP contribution is -2.41. The van der Waals surface area contributed by atoms with Crippen molar-refractivity contribution in [1.29, 1.82) is 0 Å². The van der Waals surface area contributed by atoms with Crippen molar-refractivity contribution in [1.82, 2.24) is 9.38 Å². The minimum atomic E-state index is -1.16. The van der Waals surface area contributed by atoms with Crippen molar-refractivity contribution < 1.29 is 23.8 Å². The third-order valence-corrected chi connectivity index (χ3v) is 7.10. The van der Waals surface area contributed by atoms with E-state index >= 15 is 0 Å². The van der Waals surface area contributed by atoms with Gasteiger partial charge in [-0.1, -0.05) is 12.1 Å². The summed E-state index contributed by atoms with van der Waals surface area (Å²) in [5.41, 5.74) is 2.05. The van der Waals surface area contributed by atoms with Gasteiger partial charge in [0.25, 0.3) is 0 Å². The van der Waals surface area contributed by atoms with Crippen LogP contribution in [-0.4, -0.2) is 39.9 Å². The highest BCUT2D eigenvalue weighted by molar-refractivity contribution is 7.98. The first-order chi connectivity index (χ1) is 16.0. The van der Waals surface area contributed by atoms with E-state index in [1.54, 1.807) is 24.0 Å². The first kappa shape index (κ1) is 21.7. The van der Waals surface area contributed by atoms with E-state index in [9.17, 15) is 14.3 Å². The maximum Gasteiger partial charge on any atom is 0.314 e. The molecule has 0 atom stereocenters. The second kappa shape index (κ2) is 8.68. The summed E-state index contributed by atoms with van der Waals surface area (Å²) in [6.07, 6.45) is 6.33. The first-order valence-electron chi connectivity index (χ1n) is 10.7. The Bertz CT molecular complexity index is 1350. The normalized spacial score (nSPS) is 15.7. The smallest absolute Gasteiger partial charge is 0.314 e. The molecule has 1 aliphatic rings. The molecular formula is C25H23FN2O4S. The minimum Gasteiger partial charge on any atom is -0.489 e. The van der Waals surface area contributed by atoms with Crippen LogP contribution >= 0.6 is 11.8 Å². The summed E-state index contributed by atoms with van der Waals surface area (Å²) in [5.74, 6) is -1.17. The molecule has 0 spiro atoms. The van der Waals surface area contributed by atoms with E-state index < -0.39 is 17.2 Å². The molecule has 3 heterocycles. The first-order valence-corrected chi connectivity index (χ1v) is 11.9. The molecule has 2 aromatic heterocycles. The van der Waals surface area contributed by atoms with E-state index in [4.69, 9.17) is 9.47 Å². The molecule has 1 aliphatic heterocycles. The molecule has 1 saturated heterocycles. The van der Waals surface area contributed by atoms with Crippen LogP contribution < -0.4 is 4.74 Å². The number of rotatable bonds is 6. The van der Waals surface area contributed by atoms with Gasteiger partial charge in [-0.2, -0.15) is 0 Å². The molecule has 0 aliphatic carbocycles. The van der Waals surface area contributed by atoms with Crippen molar-refractivity contribution >= 4 is 34.3 Å². The van der Waals surface area contributed by atoms with Gasteiger partial charge in [0.2, 0.25) is 0 Å². The SMILES string of the molecule is CSc1cc2nccn2c2cc(COc3cc(F)cc(C4(C(=O)O)CCOCC4)c3)ccc12. The summed E-state index contributed by atoms with van der Waals surface area (Å²) in [6, 6.07) is 12.4. The summed E-state index contributed by atoms with van der Waals surface area (Å²) in [6.45, 7) is 0.884. The third-order valence-electron chi connectivity index (χ3n) is 6.32. The van der Waals surface area contributed by atoms with Crippen molar-refractivity contribution in [3.63, 3.8) is 0 Å². The number of pyridine rings is 1. The topological polar surface area (TPSA) is 73.1 Å². The maximum atomic E-state index is 14.5. The fourth-order valence-corrected chi connectivity index (χ4v) is 5.11. The summed E-state index contributed by atoms with van der Waals surface area (Å²) in [4.78, 5) is 17.7. The molecule has 33 heavy (non-hydrogen) atoms. The van der Waals surface area contributed by atoms with Gasteiger partial charge in [-0.3, -0.25) is 9.20 Å². The summed E-state index contributed by atoms with van der Waals surface area (Å²) < 4.78 is 27.8. The van der Waals surface area contributed by atoms with Gasteiger partial charge in [0.1, 0.15) is 23.8 Å². The number of hydrogen-bond acceptors (Lipinski definition) is 5. The van der Waals surface area contributed by atoms with Crippen molar-refractivity contribution in [2.45, 2.75) is 29.8 Å². The van der Waals surface area contributed by atoms with Crippen LogP contribution in [0, 0.1) is 5.82 Å². The third kappa shape index (κ3) is 3.94. The Morgan fingerprint density at radius 2 is 2.06 bits per heavy atom. The number of carbonyl (C=O) groups is 1. The fraction of sp³-hybridized carbons (Fsp3) is 0.280. The number of carboxylic acid groups (broad SMARTS) is 1. The largest absolute Gasteiger partial charge is 0.489 e. The number of aromatic nitrogens is 2. The Hall–Kier alpha value is -3.10. The van der Waals surface area contributed by atoms with Crippen LogP contribution in [0.15, 0.2) is 59.8 Å². The van der Waals surface area contributed by atoms with Crippen molar-refractivity contribution in [3.05, 3.63) is 71.8 Å². The van der Waals surface area contributed by atoms with Crippen LogP contribution in [0.4, 0.5) is 4.39 Å². The highest BCUT2D eigenvalue weighted by Gasteiger charge is 2.42. The van der Waals surface area contributed by atoms with Crippen LogP contribution in [0.5, 0.6) is 5.75 Å². The van der Waals surface area contributed by atoms with Crippen LogP contribution in [-0.2, 0) is 21.6 Å². The fourth-order valence-electron chi connectivity index (χ4n) is 4.50. The van der Waals surface area contributed by atoms with E-state index in [1.807, 2.05) is 29.0 Å². The molecule has 0 saturated carbocycles. The van der Waals surface area contributed by atoms with Crippen LogP contribution in [0.1, 0.15) is 24.0 Å². The number of fused-ring (bicyclic) bond motifs is 3. The second-order valence-electron chi connectivity index (χ2n) is 8.18. The van der Waals surface area contributed by atoms with Crippen molar-refractivity contribution in [2.24, 2.45) is 0 Å². The Morgan fingerprint density at radius 1 is 1.24 bits per heavy atom. The van der Waals surface area contributed by atoms with Gasteiger partial charge in [-0.05, 0) is 54.5 Å². The summed E-state index contributed by atoms with van der Waals surface area (Å²) in [5, 5.41) is 11.0. The van der Waals surface area contributed by atoms with E-state index in [2.05, 4.69) is 17.1 Å². The number of carboxylic acids is 1. The monoisotopic (exact) mass is 466 g/mol. The molecule has 8 heteroatoms. The lowest BCUT2D eigenvalue weighted by atomic mass is 9.74. The quantitative estimate of drug-likeness (QED) is 0.401.